The number of nitrogens with zero attached hydrogens (tertiary/aromatic N) is 1. The molecule has 2 aliphatic rings. The smallest absolute Gasteiger partial charge is 0.315 e. The first-order valence-electron chi connectivity index (χ1n) is 8.85. The second-order valence-corrected chi connectivity index (χ2v) is 7.06. The van der Waals surface area contributed by atoms with Crippen molar-refractivity contribution in [2.45, 2.75) is 32.2 Å². The number of halogens is 1. The molecule has 0 aromatic heterocycles. The Bertz CT molecular complexity index is 581. The zero-order valence-electron chi connectivity index (χ0n) is 14.2. The SMILES string of the molecule is CCCN1CC[C@@H](CNC(=O)N[C@H]2CCOc3c(Cl)cccc32)C1. The van der Waals surface area contributed by atoms with Gasteiger partial charge in [-0.15, -0.1) is 0 Å². The van der Waals surface area contributed by atoms with Crippen LogP contribution in [0.1, 0.15) is 37.8 Å². The average Bonchev–Trinajstić information content (AvgIpc) is 3.02. The van der Waals surface area contributed by atoms with Crippen molar-refractivity contribution in [2.24, 2.45) is 5.92 Å². The van der Waals surface area contributed by atoms with Gasteiger partial charge in [-0.05, 0) is 37.9 Å². The lowest BCUT2D eigenvalue weighted by molar-refractivity contribution is 0.221. The number of amides is 2. The Balaban J connectivity index is 1.49. The summed E-state index contributed by atoms with van der Waals surface area (Å²) in [7, 11) is 0. The van der Waals surface area contributed by atoms with E-state index in [0.29, 0.717) is 23.3 Å². The maximum Gasteiger partial charge on any atom is 0.315 e. The van der Waals surface area contributed by atoms with Gasteiger partial charge < -0.3 is 20.3 Å². The molecular formula is C18H26ClN3O2. The molecule has 0 spiro atoms. The minimum atomic E-state index is -0.109. The number of fused-ring (bicyclic) bond motifs is 1. The maximum atomic E-state index is 12.3. The van der Waals surface area contributed by atoms with Crippen molar-refractivity contribution in [1.82, 2.24) is 15.5 Å². The van der Waals surface area contributed by atoms with Gasteiger partial charge in [-0.3, -0.25) is 0 Å². The molecule has 0 bridgehead atoms. The van der Waals surface area contributed by atoms with Gasteiger partial charge in [0.2, 0.25) is 0 Å². The van der Waals surface area contributed by atoms with Gasteiger partial charge in [-0.1, -0.05) is 30.7 Å². The van der Waals surface area contributed by atoms with Crippen LogP contribution in [0.15, 0.2) is 18.2 Å². The van der Waals surface area contributed by atoms with Crippen LogP contribution in [0, 0.1) is 5.92 Å². The standard InChI is InChI=1S/C18H26ClN3O2/c1-2-8-22-9-6-13(12-22)11-20-18(23)21-16-7-10-24-17-14(16)4-3-5-15(17)19/h3-5,13,16H,2,6-12H2,1H3,(H2,20,21,23)/t13-,16-/m0/s1. The third-order valence-electron chi connectivity index (χ3n) is 4.79. The summed E-state index contributed by atoms with van der Waals surface area (Å²) in [5, 5.41) is 6.69. The fourth-order valence-corrected chi connectivity index (χ4v) is 3.82. The Labute approximate surface area is 148 Å². The van der Waals surface area contributed by atoms with Gasteiger partial charge in [0.05, 0.1) is 17.7 Å². The van der Waals surface area contributed by atoms with Crippen molar-refractivity contribution in [2.75, 3.05) is 32.8 Å². The number of ether oxygens (including phenoxy) is 1. The van der Waals surface area contributed by atoms with Crippen LogP contribution in [0.3, 0.4) is 0 Å². The summed E-state index contributed by atoms with van der Waals surface area (Å²) >= 11 is 6.17. The second-order valence-electron chi connectivity index (χ2n) is 6.66. The number of rotatable bonds is 5. The molecule has 2 amide bonds. The molecule has 1 aromatic carbocycles. The fourth-order valence-electron chi connectivity index (χ4n) is 3.58. The van der Waals surface area contributed by atoms with Crippen molar-refractivity contribution in [3.8, 4) is 5.75 Å². The monoisotopic (exact) mass is 351 g/mol. The summed E-state index contributed by atoms with van der Waals surface area (Å²) < 4.78 is 5.63. The Morgan fingerprint density at radius 2 is 2.29 bits per heavy atom. The minimum absolute atomic E-state index is 0.0485. The number of carbonyl (C=O) groups is 1. The van der Waals surface area contributed by atoms with Crippen molar-refractivity contribution < 1.29 is 9.53 Å². The molecule has 132 valence electrons. The molecule has 2 N–H and O–H groups in total. The van der Waals surface area contributed by atoms with E-state index in [4.69, 9.17) is 16.3 Å². The molecule has 1 fully saturated rings. The molecule has 1 saturated heterocycles. The van der Waals surface area contributed by atoms with E-state index in [1.807, 2.05) is 18.2 Å². The van der Waals surface area contributed by atoms with Gasteiger partial charge in [0.1, 0.15) is 5.75 Å². The van der Waals surface area contributed by atoms with Crippen molar-refractivity contribution >= 4 is 17.6 Å². The van der Waals surface area contributed by atoms with E-state index in [9.17, 15) is 4.79 Å². The van der Waals surface area contributed by atoms with Crippen LogP contribution in [-0.2, 0) is 0 Å². The summed E-state index contributed by atoms with van der Waals surface area (Å²) in [6, 6.07) is 5.51. The minimum Gasteiger partial charge on any atom is -0.492 e. The third-order valence-corrected chi connectivity index (χ3v) is 5.09. The van der Waals surface area contributed by atoms with Crippen LogP contribution >= 0.6 is 11.6 Å². The molecule has 0 saturated carbocycles. The molecule has 0 aliphatic carbocycles. The molecule has 2 atom stereocenters. The largest absolute Gasteiger partial charge is 0.492 e. The molecule has 1 aromatic rings. The van der Waals surface area contributed by atoms with Gasteiger partial charge in [-0.2, -0.15) is 0 Å². The maximum absolute atomic E-state index is 12.3. The van der Waals surface area contributed by atoms with E-state index < -0.39 is 0 Å². The Morgan fingerprint density at radius 1 is 1.42 bits per heavy atom. The summed E-state index contributed by atoms with van der Waals surface area (Å²) in [5.41, 5.74) is 0.957. The van der Waals surface area contributed by atoms with E-state index in [1.165, 1.54) is 6.42 Å². The predicted molar refractivity (Wildman–Crippen MR) is 95.7 cm³/mol. The van der Waals surface area contributed by atoms with Gasteiger partial charge in [0.15, 0.2) is 0 Å². The number of likely N-dealkylation sites (tertiary alicyclic amines) is 1. The second kappa shape index (κ2) is 8.08. The van der Waals surface area contributed by atoms with Crippen LogP contribution < -0.4 is 15.4 Å². The van der Waals surface area contributed by atoms with Crippen molar-refractivity contribution in [3.05, 3.63) is 28.8 Å². The van der Waals surface area contributed by atoms with E-state index >= 15 is 0 Å². The molecule has 2 heterocycles. The van der Waals surface area contributed by atoms with Crippen LogP contribution in [0.4, 0.5) is 4.79 Å². The first kappa shape index (κ1) is 17.4. The topological polar surface area (TPSA) is 53.6 Å². The number of benzene rings is 1. The number of nitrogens with one attached hydrogen (secondary N) is 2. The highest BCUT2D eigenvalue weighted by molar-refractivity contribution is 6.32. The van der Waals surface area contributed by atoms with Crippen LogP contribution in [-0.4, -0.2) is 43.7 Å². The van der Waals surface area contributed by atoms with Crippen molar-refractivity contribution in [3.63, 3.8) is 0 Å². The van der Waals surface area contributed by atoms with Crippen LogP contribution in [0.2, 0.25) is 5.02 Å². The first-order chi connectivity index (χ1) is 11.7. The Hall–Kier alpha value is -1.46. The van der Waals surface area contributed by atoms with Gasteiger partial charge in [0.25, 0.3) is 0 Å². The van der Waals surface area contributed by atoms with Gasteiger partial charge in [0, 0.05) is 25.1 Å². The lowest BCUT2D eigenvalue weighted by Gasteiger charge is -2.27. The predicted octanol–water partition coefficient (Wildman–Crippen LogP) is 3.19. The molecule has 24 heavy (non-hydrogen) atoms. The molecule has 2 aliphatic heterocycles. The molecule has 0 radical (unpaired) electrons. The van der Waals surface area contributed by atoms with Crippen molar-refractivity contribution in [1.29, 1.82) is 0 Å². The Morgan fingerprint density at radius 3 is 3.12 bits per heavy atom. The van der Waals surface area contributed by atoms with Gasteiger partial charge in [-0.25, -0.2) is 4.79 Å². The highest BCUT2D eigenvalue weighted by Gasteiger charge is 2.26. The van der Waals surface area contributed by atoms with E-state index in [2.05, 4.69) is 22.5 Å². The van der Waals surface area contributed by atoms with Crippen LogP contribution in [0.5, 0.6) is 5.75 Å². The zero-order valence-corrected chi connectivity index (χ0v) is 14.9. The zero-order chi connectivity index (χ0) is 16.9. The number of carbonyl (C=O) groups excluding carboxylic acids is 1. The first-order valence-corrected chi connectivity index (χ1v) is 9.23. The normalized spacial score (nSPS) is 23.4. The number of hydrogen-bond acceptors (Lipinski definition) is 3. The molecule has 6 heteroatoms. The van der Waals surface area contributed by atoms with E-state index in [0.717, 1.165) is 44.6 Å². The fraction of sp³-hybridized carbons (Fsp3) is 0.611. The number of urea groups is 1. The van der Waals surface area contributed by atoms with E-state index in [1.54, 1.807) is 0 Å². The molecule has 5 nitrogen and oxygen atoms in total. The third kappa shape index (κ3) is 4.14. The van der Waals surface area contributed by atoms with E-state index in [-0.39, 0.29) is 12.1 Å². The highest BCUT2D eigenvalue weighted by atomic mass is 35.5. The number of para-hydroxylation sites is 1. The summed E-state index contributed by atoms with van der Waals surface area (Å²) in [4.78, 5) is 14.7. The highest BCUT2D eigenvalue weighted by Crippen LogP contribution is 2.37. The molecule has 3 rings (SSSR count). The lowest BCUT2D eigenvalue weighted by Crippen LogP contribution is -2.41. The number of hydrogen-bond donors (Lipinski definition) is 2. The Kier molecular flexibility index (Phi) is 5.85. The van der Waals surface area contributed by atoms with Crippen LogP contribution in [0.25, 0.3) is 0 Å². The summed E-state index contributed by atoms with van der Waals surface area (Å²) in [5.74, 6) is 1.25. The van der Waals surface area contributed by atoms with Gasteiger partial charge >= 0.3 is 6.03 Å². The molecular weight excluding hydrogens is 326 g/mol. The summed E-state index contributed by atoms with van der Waals surface area (Å²) in [6.45, 7) is 6.89. The molecule has 0 unspecified atom stereocenters. The summed E-state index contributed by atoms with van der Waals surface area (Å²) in [6.07, 6.45) is 3.11. The quantitative estimate of drug-likeness (QED) is 0.856. The average molecular weight is 352 g/mol. The lowest BCUT2D eigenvalue weighted by atomic mass is 10.0.